The summed E-state index contributed by atoms with van der Waals surface area (Å²) in [6, 6.07) is 4.70. The molecule has 0 atom stereocenters. The van der Waals surface area contributed by atoms with E-state index in [4.69, 9.17) is 11.5 Å². The Labute approximate surface area is 65.4 Å². The highest BCUT2D eigenvalue weighted by Gasteiger charge is 1.96. The smallest absolute Gasteiger partial charge is 0.395 e. The molecule has 1 aromatic carbocycles. The number of rotatable bonds is 2. The number of benzene rings is 1. The predicted molar refractivity (Wildman–Crippen MR) is 43.5 cm³/mol. The zero-order valence-corrected chi connectivity index (χ0v) is 6.54. The van der Waals surface area contributed by atoms with Crippen LogP contribution in [0.3, 0.4) is 0 Å². The van der Waals surface area contributed by atoms with Crippen molar-refractivity contribution in [3.8, 4) is 5.75 Å². The molecule has 0 aliphatic heterocycles. The second kappa shape index (κ2) is 3.21. The molecule has 0 spiro atoms. The van der Waals surface area contributed by atoms with E-state index in [1.165, 1.54) is 6.07 Å². The zero-order chi connectivity index (χ0) is 8.27. The first-order valence-electron chi connectivity index (χ1n) is 2.88. The summed E-state index contributed by atoms with van der Waals surface area (Å²) in [5, 5.41) is 0. The zero-order valence-electron chi connectivity index (χ0n) is 5.65. The van der Waals surface area contributed by atoms with Gasteiger partial charge in [-0.2, -0.15) is 0 Å². The van der Waals surface area contributed by atoms with Crippen molar-refractivity contribution in [2.75, 3.05) is 11.5 Å². The van der Waals surface area contributed by atoms with Crippen molar-refractivity contribution in [1.29, 1.82) is 0 Å². The van der Waals surface area contributed by atoms with Gasteiger partial charge in [-0.1, -0.05) is 0 Å². The van der Waals surface area contributed by atoms with Crippen molar-refractivity contribution in [3.63, 3.8) is 0 Å². The minimum Gasteiger partial charge on any atom is -0.408 e. The van der Waals surface area contributed by atoms with Gasteiger partial charge < -0.3 is 16.0 Å². The van der Waals surface area contributed by atoms with Crippen LogP contribution in [0.1, 0.15) is 0 Å². The third-order valence-corrected chi connectivity index (χ3v) is 1.49. The lowest BCUT2D eigenvalue weighted by Gasteiger charge is -2.00. The molecule has 4 N–H and O–H groups in total. The molecule has 0 unspecified atom stereocenters. The number of anilines is 2. The molecule has 0 heterocycles. The van der Waals surface area contributed by atoms with E-state index < -0.39 is 8.69 Å². The Morgan fingerprint density at radius 1 is 1.27 bits per heavy atom. The first kappa shape index (κ1) is 7.82. The SMILES string of the molecule is Nc1ccc(OP=O)cc1N. The van der Waals surface area contributed by atoms with Gasteiger partial charge in [-0.15, -0.1) is 0 Å². The second-order valence-electron chi connectivity index (χ2n) is 1.96. The van der Waals surface area contributed by atoms with Crippen molar-refractivity contribution in [3.05, 3.63) is 18.2 Å². The van der Waals surface area contributed by atoms with E-state index in [2.05, 4.69) is 4.52 Å². The maximum absolute atomic E-state index is 9.97. The molecule has 1 aromatic rings. The molecule has 1 rings (SSSR count). The first-order valence-corrected chi connectivity index (χ1v) is 3.61. The second-order valence-corrected chi connectivity index (χ2v) is 2.29. The normalized spacial score (nSPS) is 9.82. The monoisotopic (exact) mass is 170 g/mol. The fraction of sp³-hybridized carbons (Fsp3) is 0. The lowest BCUT2D eigenvalue weighted by atomic mass is 10.3. The van der Waals surface area contributed by atoms with Gasteiger partial charge in [0.15, 0.2) is 0 Å². The predicted octanol–water partition coefficient (Wildman–Crippen LogP) is 1.44. The highest BCUT2D eigenvalue weighted by atomic mass is 31.1. The van der Waals surface area contributed by atoms with Crippen LogP contribution in [0, 0.1) is 0 Å². The molecule has 11 heavy (non-hydrogen) atoms. The lowest BCUT2D eigenvalue weighted by Crippen LogP contribution is -1.93. The molecule has 0 aliphatic carbocycles. The van der Waals surface area contributed by atoms with Gasteiger partial charge in [0.25, 0.3) is 0 Å². The molecule has 4 nitrogen and oxygen atoms in total. The summed E-state index contributed by atoms with van der Waals surface area (Å²) < 4.78 is 14.6. The van der Waals surface area contributed by atoms with Crippen LogP contribution in [0.2, 0.25) is 0 Å². The summed E-state index contributed by atoms with van der Waals surface area (Å²) in [7, 11) is -0.398. The number of hydrogen-bond donors (Lipinski definition) is 2. The van der Waals surface area contributed by atoms with Crippen molar-refractivity contribution in [2.24, 2.45) is 0 Å². The van der Waals surface area contributed by atoms with Crippen molar-refractivity contribution in [2.45, 2.75) is 0 Å². The number of hydrogen-bond acceptors (Lipinski definition) is 4. The van der Waals surface area contributed by atoms with Crippen molar-refractivity contribution in [1.82, 2.24) is 0 Å². The van der Waals surface area contributed by atoms with Gasteiger partial charge in [0, 0.05) is 6.07 Å². The third kappa shape index (κ3) is 1.82. The molecule has 0 saturated carbocycles. The third-order valence-electron chi connectivity index (χ3n) is 1.20. The van der Waals surface area contributed by atoms with Crippen LogP contribution in [0.15, 0.2) is 18.2 Å². The van der Waals surface area contributed by atoms with Crippen molar-refractivity contribution < 1.29 is 9.09 Å². The van der Waals surface area contributed by atoms with Gasteiger partial charge >= 0.3 is 8.69 Å². The molecule has 0 saturated heterocycles. The van der Waals surface area contributed by atoms with Gasteiger partial charge in [-0.05, 0) is 12.1 Å². The molecule has 0 aliphatic rings. The van der Waals surface area contributed by atoms with E-state index in [1.807, 2.05) is 0 Å². The van der Waals surface area contributed by atoms with Gasteiger partial charge in [0.1, 0.15) is 5.75 Å². The summed E-state index contributed by atoms with van der Waals surface area (Å²) in [5.41, 5.74) is 11.8. The van der Waals surface area contributed by atoms with Gasteiger partial charge in [0.05, 0.1) is 11.4 Å². The maximum atomic E-state index is 9.97. The molecule has 0 bridgehead atoms. The Morgan fingerprint density at radius 2 is 2.00 bits per heavy atom. The Balaban J connectivity index is 2.95. The Morgan fingerprint density at radius 3 is 2.55 bits per heavy atom. The summed E-state index contributed by atoms with van der Waals surface area (Å²) in [4.78, 5) is 0. The average molecular weight is 170 g/mol. The number of nitrogens with two attached hydrogens (primary N) is 2. The van der Waals surface area contributed by atoms with E-state index in [1.54, 1.807) is 12.1 Å². The minimum absolute atomic E-state index is 0.398. The molecule has 0 aromatic heterocycles. The molecule has 58 valence electrons. The molecule has 5 heteroatoms. The van der Waals surface area contributed by atoms with Crippen molar-refractivity contribution >= 4 is 20.1 Å². The van der Waals surface area contributed by atoms with E-state index in [0.717, 1.165) is 0 Å². The van der Waals surface area contributed by atoms with Gasteiger partial charge in [-0.3, -0.25) is 0 Å². The van der Waals surface area contributed by atoms with Crippen LogP contribution >= 0.6 is 8.69 Å². The molecule has 0 amide bonds. The maximum Gasteiger partial charge on any atom is 0.395 e. The lowest BCUT2D eigenvalue weighted by molar-refractivity contribution is 0.525. The highest BCUT2D eigenvalue weighted by molar-refractivity contribution is 7.17. The standard InChI is InChI=1S/C6H7N2O2P/c7-5-2-1-4(10-11-9)3-6(5)8/h1-3H,7-8H2. The summed E-state index contributed by atoms with van der Waals surface area (Å²) in [6.45, 7) is 0. The highest BCUT2D eigenvalue weighted by Crippen LogP contribution is 2.23. The van der Waals surface area contributed by atoms with E-state index in [9.17, 15) is 4.57 Å². The molecular weight excluding hydrogens is 163 g/mol. The van der Waals surface area contributed by atoms with E-state index in [-0.39, 0.29) is 0 Å². The molecular formula is C6H7N2O2P. The van der Waals surface area contributed by atoms with Gasteiger partial charge in [-0.25, -0.2) is 4.57 Å². The van der Waals surface area contributed by atoms with Crippen LogP contribution in [0.25, 0.3) is 0 Å². The Hall–Kier alpha value is -1.28. The van der Waals surface area contributed by atoms with E-state index in [0.29, 0.717) is 17.1 Å². The Bertz CT molecular complexity index is 277. The molecule has 0 radical (unpaired) electrons. The van der Waals surface area contributed by atoms with Crippen LogP contribution in [0.5, 0.6) is 5.75 Å². The quantitative estimate of drug-likeness (QED) is 0.519. The fourth-order valence-electron chi connectivity index (χ4n) is 0.653. The van der Waals surface area contributed by atoms with E-state index >= 15 is 0 Å². The topological polar surface area (TPSA) is 78.3 Å². The fourth-order valence-corrected chi connectivity index (χ4v) is 0.852. The summed E-state index contributed by atoms with van der Waals surface area (Å²) in [6.07, 6.45) is 0. The van der Waals surface area contributed by atoms with Crippen LogP contribution in [-0.2, 0) is 4.57 Å². The Kier molecular flexibility index (Phi) is 2.28. The first-order chi connectivity index (χ1) is 5.24. The average Bonchev–Trinajstić information content (AvgIpc) is 1.98. The molecule has 0 fully saturated rings. The van der Waals surface area contributed by atoms with Gasteiger partial charge in [0.2, 0.25) is 0 Å². The summed E-state index contributed by atoms with van der Waals surface area (Å²) in [5.74, 6) is 0.438. The minimum atomic E-state index is -0.398. The van der Waals surface area contributed by atoms with Crippen LogP contribution in [-0.4, -0.2) is 0 Å². The van der Waals surface area contributed by atoms with Crippen LogP contribution in [0.4, 0.5) is 11.4 Å². The summed E-state index contributed by atoms with van der Waals surface area (Å²) >= 11 is 0. The largest absolute Gasteiger partial charge is 0.408 e. The number of nitrogen functional groups attached to an aromatic ring is 2. The van der Waals surface area contributed by atoms with Crippen LogP contribution < -0.4 is 16.0 Å².